The van der Waals surface area contributed by atoms with Crippen LogP contribution in [0, 0.1) is 18.8 Å². The summed E-state index contributed by atoms with van der Waals surface area (Å²) in [5.41, 5.74) is 1.05. The van der Waals surface area contributed by atoms with Crippen LogP contribution in [0.1, 0.15) is 16.2 Å². The van der Waals surface area contributed by atoms with Crippen molar-refractivity contribution in [1.82, 2.24) is 15.5 Å². The van der Waals surface area contributed by atoms with Gasteiger partial charge in [0.05, 0.1) is 6.54 Å². The predicted molar refractivity (Wildman–Crippen MR) is 88.6 cm³/mol. The average molecular weight is 321 g/mol. The van der Waals surface area contributed by atoms with Crippen molar-refractivity contribution >= 4 is 16.8 Å². The molecule has 0 aliphatic carbocycles. The first-order chi connectivity index (χ1) is 11.7. The lowest BCUT2D eigenvalue weighted by Crippen LogP contribution is -2.23. The van der Waals surface area contributed by atoms with E-state index in [2.05, 4.69) is 27.3 Å². The number of hydrogen-bond donors (Lipinski definition) is 1. The van der Waals surface area contributed by atoms with E-state index in [9.17, 15) is 4.79 Å². The summed E-state index contributed by atoms with van der Waals surface area (Å²) in [6, 6.07) is 11.2. The maximum Gasteiger partial charge on any atom is 0.274 e. The minimum Gasteiger partial charge on any atom is -0.479 e. The monoisotopic (exact) mass is 321 g/mol. The minimum atomic E-state index is -0.319. The Morgan fingerprint density at radius 1 is 1.29 bits per heavy atom. The Hall–Kier alpha value is -3.33. The maximum absolute atomic E-state index is 11.7. The molecule has 6 heteroatoms. The summed E-state index contributed by atoms with van der Waals surface area (Å²) in [7, 11) is 0. The molecule has 0 saturated heterocycles. The van der Waals surface area contributed by atoms with Gasteiger partial charge >= 0.3 is 0 Å². The fourth-order valence-electron chi connectivity index (χ4n) is 2.11. The van der Waals surface area contributed by atoms with Crippen LogP contribution in [-0.2, 0) is 0 Å². The van der Waals surface area contributed by atoms with Gasteiger partial charge in [-0.15, -0.1) is 0 Å². The van der Waals surface area contributed by atoms with E-state index in [1.807, 2.05) is 30.3 Å². The molecule has 24 heavy (non-hydrogen) atoms. The number of amides is 1. The summed E-state index contributed by atoms with van der Waals surface area (Å²) < 4.78 is 10.5. The van der Waals surface area contributed by atoms with Crippen molar-refractivity contribution in [2.24, 2.45) is 0 Å². The zero-order valence-electron chi connectivity index (χ0n) is 13.1. The number of aryl methyl sites for hydroxylation is 1. The molecule has 6 nitrogen and oxygen atoms in total. The van der Waals surface area contributed by atoms with Crippen LogP contribution in [-0.4, -0.2) is 29.2 Å². The number of ether oxygens (including phenoxy) is 1. The second-order valence-corrected chi connectivity index (χ2v) is 4.98. The second kappa shape index (κ2) is 7.29. The Kier molecular flexibility index (Phi) is 4.73. The Labute approximate surface area is 138 Å². The third kappa shape index (κ3) is 3.70. The number of rotatable bonds is 4. The summed E-state index contributed by atoms with van der Waals surface area (Å²) in [5, 5.41) is 7.28. The van der Waals surface area contributed by atoms with Crippen molar-refractivity contribution < 1.29 is 14.1 Å². The number of hydrogen-bond acceptors (Lipinski definition) is 5. The number of pyridine rings is 1. The molecule has 0 aliphatic heterocycles. The molecule has 1 amide bonds. The summed E-state index contributed by atoms with van der Waals surface area (Å²) in [6.07, 6.45) is 1.72. The molecule has 120 valence electrons. The molecule has 0 radical (unpaired) electrons. The van der Waals surface area contributed by atoms with Crippen LogP contribution in [0.5, 0.6) is 5.75 Å². The molecule has 1 aromatic carbocycles. The summed E-state index contributed by atoms with van der Waals surface area (Å²) in [4.78, 5) is 16.0. The van der Waals surface area contributed by atoms with E-state index in [0.717, 1.165) is 10.9 Å². The number of fused-ring (bicyclic) bond motifs is 1. The van der Waals surface area contributed by atoms with Crippen LogP contribution < -0.4 is 10.1 Å². The van der Waals surface area contributed by atoms with Gasteiger partial charge in [0.25, 0.3) is 5.91 Å². The summed E-state index contributed by atoms with van der Waals surface area (Å²) in [5.74, 6) is 6.63. The van der Waals surface area contributed by atoms with Gasteiger partial charge in [-0.1, -0.05) is 35.2 Å². The van der Waals surface area contributed by atoms with Gasteiger partial charge in [0, 0.05) is 17.6 Å². The van der Waals surface area contributed by atoms with E-state index in [1.54, 1.807) is 19.2 Å². The largest absolute Gasteiger partial charge is 0.479 e. The molecule has 1 N–H and O–H groups in total. The van der Waals surface area contributed by atoms with E-state index in [-0.39, 0.29) is 24.8 Å². The van der Waals surface area contributed by atoms with E-state index in [4.69, 9.17) is 9.26 Å². The predicted octanol–water partition coefficient (Wildman–Crippen LogP) is 2.34. The molecule has 0 fully saturated rings. The van der Waals surface area contributed by atoms with Gasteiger partial charge in [0.15, 0.2) is 5.69 Å². The van der Waals surface area contributed by atoms with Crippen LogP contribution >= 0.6 is 0 Å². The molecule has 2 heterocycles. The lowest BCUT2D eigenvalue weighted by Gasteiger charge is -2.05. The SMILES string of the molecule is Cc1cc(C(=O)NCC#CCOc2cccc3cccnc23)no1. The van der Waals surface area contributed by atoms with Crippen molar-refractivity contribution in [3.63, 3.8) is 0 Å². The zero-order chi connectivity index (χ0) is 16.8. The molecular weight excluding hydrogens is 306 g/mol. The summed E-state index contributed by atoms with van der Waals surface area (Å²) in [6.45, 7) is 2.15. The first kappa shape index (κ1) is 15.6. The third-order valence-corrected chi connectivity index (χ3v) is 3.22. The molecule has 0 saturated carbocycles. The first-order valence-electron chi connectivity index (χ1n) is 7.38. The van der Waals surface area contributed by atoms with Crippen molar-refractivity contribution in [2.45, 2.75) is 6.92 Å². The number of nitrogens with zero attached hydrogens (tertiary/aromatic N) is 2. The Morgan fingerprint density at radius 2 is 2.17 bits per heavy atom. The lowest BCUT2D eigenvalue weighted by molar-refractivity contribution is 0.0949. The van der Waals surface area contributed by atoms with Gasteiger partial charge in [0.2, 0.25) is 0 Å². The van der Waals surface area contributed by atoms with Gasteiger partial charge in [-0.2, -0.15) is 0 Å². The van der Waals surface area contributed by atoms with Crippen LogP contribution in [0.25, 0.3) is 10.9 Å². The average Bonchev–Trinajstić information content (AvgIpc) is 3.04. The zero-order valence-corrected chi connectivity index (χ0v) is 13.1. The quantitative estimate of drug-likeness (QED) is 0.746. The lowest BCUT2D eigenvalue weighted by atomic mass is 10.2. The number of carbonyl (C=O) groups excluding carboxylic acids is 1. The molecule has 0 aliphatic rings. The van der Waals surface area contributed by atoms with Crippen molar-refractivity contribution in [1.29, 1.82) is 0 Å². The molecule has 0 bridgehead atoms. The molecule has 0 atom stereocenters. The fraction of sp³-hybridized carbons (Fsp3) is 0.167. The van der Waals surface area contributed by atoms with Crippen molar-refractivity contribution in [2.75, 3.05) is 13.2 Å². The number of benzene rings is 1. The van der Waals surface area contributed by atoms with Gasteiger partial charge in [0.1, 0.15) is 23.6 Å². The smallest absolute Gasteiger partial charge is 0.274 e. The van der Waals surface area contributed by atoms with Crippen molar-refractivity contribution in [3.05, 3.63) is 54.0 Å². The number of nitrogens with one attached hydrogen (secondary N) is 1. The normalized spacial score (nSPS) is 10.0. The standard InChI is InChI=1S/C18H15N3O3/c1-13-12-15(21-24-13)18(22)20-9-2-3-11-23-16-8-4-6-14-7-5-10-19-17(14)16/h4-8,10,12H,9,11H2,1H3,(H,20,22). The van der Waals surface area contributed by atoms with E-state index in [1.165, 1.54) is 0 Å². The van der Waals surface area contributed by atoms with Gasteiger partial charge in [-0.05, 0) is 19.1 Å². The van der Waals surface area contributed by atoms with Crippen LogP contribution in [0.2, 0.25) is 0 Å². The Morgan fingerprint density at radius 3 is 3.00 bits per heavy atom. The minimum absolute atomic E-state index is 0.210. The molecular formula is C18H15N3O3. The van der Waals surface area contributed by atoms with Crippen molar-refractivity contribution in [3.8, 4) is 17.6 Å². The Bertz CT molecular complexity index is 916. The highest BCUT2D eigenvalue weighted by Crippen LogP contribution is 2.22. The molecule has 3 aromatic rings. The van der Waals surface area contributed by atoms with Crippen LogP contribution in [0.4, 0.5) is 0 Å². The van der Waals surface area contributed by atoms with Crippen LogP contribution in [0.3, 0.4) is 0 Å². The van der Waals surface area contributed by atoms with E-state index < -0.39 is 0 Å². The molecule has 0 spiro atoms. The Balaban J connectivity index is 1.50. The highest BCUT2D eigenvalue weighted by Gasteiger charge is 2.08. The second-order valence-electron chi connectivity index (χ2n) is 4.98. The molecule has 2 aromatic heterocycles. The topological polar surface area (TPSA) is 77.2 Å². The van der Waals surface area contributed by atoms with Crippen LogP contribution in [0.15, 0.2) is 47.1 Å². The van der Waals surface area contributed by atoms with E-state index in [0.29, 0.717) is 11.5 Å². The van der Waals surface area contributed by atoms with E-state index >= 15 is 0 Å². The molecule has 0 unspecified atom stereocenters. The summed E-state index contributed by atoms with van der Waals surface area (Å²) >= 11 is 0. The number of carbonyl (C=O) groups is 1. The first-order valence-corrected chi connectivity index (χ1v) is 7.38. The molecule has 3 rings (SSSR count). The number of aromatic nitrogens is 2. The maximum atomic E-state index is 11.7. The van der Waals surface area contributed by atoms with Gasteiger partial charge < -0.3 is 14.6 Å². The fourth-order valence-corrected chi connectivity index (χ4v) is 2.11. The third-order valence-electron chi connectivity index (χ3n) is 3.22. The highest BCUT2D eigenvalue weighted by atomic mass is 16.5. The number of para-hydroxylation sites is 1. The highest BCUT2D eigenvalue weighted by molar-refractivity contribution is 5.92. The van der Waals surface area contributed by atoms with Gasteiger partial charge in [-0.25, -0.2) is 0 Å². The van der Waals surface area contributed by atoms with Gasteiger partial charge in [-0.3, -0.25) is 9.78 Å².